The van der Waals surface area contributed by atoms with Crippen LogP contribution in [-0.2, 0) is 19.6 Å². The molecule has 1 amide bonds. The number of nitrogens with zero attached hydrogens (tertiary/aromatic N) is 3. The topological polar surface area (TPSA) is 111 Å². The molecule has 6 rings (SSSR count). The van der Waals surface area contributed by atoms with Crippen LogP contribution in [0.2, 0.25) is 0 Å². The highest BCUT2D eigenvalue weighted by Crippen LogP contribution is 2.38. The van der Waals surface area contributed by atoms with E-state index < -0.39 is 10.0 Å². The first-order valence-corrected chi connectivity index (χ1v) is 12.9. The highest BCUT2D eigenvalue weighted by atomic mass is 32.2. The van der Waals surface area contributed by atoms with Crippen LogP contribution in [0.1, 0.15) is 62.8 Å². The summed E-state index contributed by atoms with van der Waals surface area (Å²) in [6.45, 7) is 0.768. The molecular formula is C21H30N4O5S. The highest BCUT2D eigenvalue weighted by Gasteiger charge is 2.42. The monoisotopic (exact) mass is 450 g/mol. The molecule has 1 N–H and O–H groups in total. The van der Waals surface area contributed by atoms with E-state index >= 15 is 0 Å². The average Bonchev–Trinajstić information content (AvgIpc) is 3.63. The molecule has 4 heterocycles. The number of carbonyl (C=O) groups is 1. The number of hydrogen-bond donors (Lipinski definition) is 1. The van der Waals surface area contributed by atoms with Crippen LogP contribution < -0.4 is 9.46 Å². The Labute approximate surface area is 182 Å². The fourth-order valence-electron chi connectivity index (χ4n) is 5.14. The smallest absolute Gasteiger partial charge is 0.260 e. The summed E-state index contributed by atoms with van der Waals surface area (Å²) in [6.07, 6.45) is 8.43. The summed E-state index contributed by atoms with van der Waals surface area (Å²) in [5.74, 6) is 0.577. The second-order valence-corrected chi connectivity index (χ2v) is 11.1. The molecule has 0 spiro atoms. The van der Waals surface area contributed by atoms with Gasteiger partial charge in [-0.05, 0) is 63.4 Å². The van der Waals surface area contributed by atoms with Crippen molar-refractivity contribution in [3.8, 4) is 5.88 Å². The van der Waals surface area contributed by atoms with Gasteiger partial charge >= 0.3 is 0 Å². The van der Waals surface area contributed by atoms with Crippen LogP contribution in [0.15, 0.2) is 12.3 Å². The van der Waals surface area contributed by atoms with Gasteiger partial charge in [-0.2, -0.15) is 5.10 Å². The van der Waals surface area contributed by atoms with Crippen molar-refractivity contribution in [3.63, 3.8) is 0 Å². The zero-order chi connectivity index (χ0) is 21.4. The minimum atomic E-state index is -3.36. The first-order valence-electron chi connectivity index (χ1n) is 11.4. The predicted molar refractivity (Wildman–Crippen MR) is 112 cm³/mol. The van der Waals surface area contributed by atoms with E-state index in [1.54, 1.807) is 11.1 Å². The van der Waals surface area contributed by atoms with E-state index in [9.17, 15) is 13.2 Å². The highest BCUT2D eigenvalue weighted by molar-refractivity contribution is 7.90. The van der Waals surface area contributed by atoms with Gasteiger partial charge in [0.25, 0.3) is 5.91 Å². The van der Waals surface area contributed by atoms with Crippen molar-refractivity contribution in [1.29, 1.82) is 0 Å². The predicted octanol–water partition coefficient (Wildman–Crippen LogP) is 1.35. The van der Waals surface area contributed by atoms with Crippen molar-refractivity contribution in [1.82, 2.24) is 19.8 Å². The molecule has 0 unspecified atom stereocenters. The first kappa shape index (κ1) is 21.1. The molecule has 0 aromatic carbocycles. The molecule has 2 aliphatic carbocycles. The normalized spacial score (nSPS) is 32.1. The number of nitrogens with one attached hydrogen (secondary N) is 1. The third-order valence-electron chi connectivity index (χ3n) is 7.04. The van der Waals surface area contributed by atoms with Crippen LogP contribution in [0.5, 0.6) is 5.88 Å². The molecule has 1 saturated heterocycles. The van der Waals surface area contributed by atoms with Crippen LogP contribution >= 0.6 is 0 Å². The number of rotatable bonds is 3. The number of piperidine rings is 1. The molecule has 5 aliphatic rings. The summed E-state index contributed by atoms with van der Waals surface area (Å²) in [5, 5.41) is 7.81. The van der Waals surface area contributed by atoms with Crippen LogP contribution in [-0.4, -0.2) is 72.6 Å². The SMILES string of the molecule is O=C1COc2nnccc2C2CCC(CC2)OC[C@H]2[C@@H](NS(=O)(=O)C3CC3)CCCN12. The minimum absolute atomic E-state index is 0.121. The van der Waals surface area contributed by atoms with Gasteiger partial charge < -0.3 is 14.4 Å². The van der Waals surface area contributed by atoms with Crippen LogP contribution in [0.3, 0.4) is 0 Å². The fraction of sp³-hybridized carbons (Fsp3) is 0.762. The summed E-state index contributed by atoms with van der Waals surface area (Å²) < 4.78 is 40.2. The van der Waals surface area contributed by atoms with Crippen LogP contribution in [0, 0.1) is 0 Å². The Morgan fingerprint density at radius 1 is 1.10 bits per heavy atom. The molecule has 3 fully saturated rings. The van der Waals surface area contributed by atoms with Crippen molar-refractivity contribution >= 4 is 15.9 Å². The molecule has 170 valence electrons. The van der Waals surface area contributed by atoms with Crippen LogP contribution in [0.25, 0.3) is 0 Å². The lowest BCUT2D eigenvalue weighted by molar-refractivity contribution is -0.140. The van der Waals surface area contributed by atoms with Gasteiger partial charge in [0.2, 0.25) is 15.9 Å². The summed E-state index contributed by atoms with van der Waals surface area (Å²) in [4.78, 5) is 14.9. The van der Waals surface area contributed by atoms with Gasteiger partial charge in [-0.3, -0.25) is 4.79 Å². The van der Waals surface area contributed by atoms with Gasteiger partial charge in [0.1, 0.15) is 0 Å². The molecule has 2 saturated carbocycles. The van der Waals surface area contributed by atoms with E-state index in [1.165, 1.54) is 0 Å². The Bertz CT molecular complexity index is 914. The number of carbonyl (C=O) groups excluding carboxylic acids is 1. The molecule has 31 heavy (non-hydrogen) atoms. The summed E-state index contributed by atoms with van der Waals surface area (Å²) in [7, 11) is -3.36. The zero-order valence-electron chi connectivity index (χ0n) is 17.6. The molecule has 2 atom stereocenters. The lowest BCUT2D eigenvalue weighted by atomic mass is 9.83. The largest absolute Gasteiger partial charge is 0.466 e. The summed E-state index contributed by atoms with van der Waals surface area (Å²) in [6, 6.07) is 1.26. The van der Waals surface area contributed by atoms with Gasteiger partial charge in [0.15, 0.2) is 6.61 Å². The maximum atomic E-state index is 13.1. The van der Waals surface area contributed by atoms with Gasteiger partial charge in [-0.1, -0.05) is 0 Å². The Hall–Kier alpha value is -1.78. The Morgan fingerprint density at radius 2 is 1.90 bits per heavy atom. The summed E-state index contributed by atoms with van der Waals surface area (Å²) in [5.41, 5.74) is 1.01. The fourth-order valence-corrected chi connectivity index (χ4v) is 6.78. The molecule has 2 bridgehead atoms. The number of amides is 1. The van der Waals surface area contributed by atoms with Gasteiger partial charge in [-0.25, -0.2) is 13.1 Å². The van der Waals surface area contributed by atoms with E-state index in [0.717, 1.165) is 37.7 Å². The lowest BCUT2D eigenvalue weighted by Crippen LogP contribution is -2.60. The van der Waals surface area contributed by atoms with E-state index in [2.05, 4.69) is 14.9 Å². The number of hydrogen-bond acceptors (Lipinski definition) is 7. The second-order valence-electron chi connectivity index (χ2n) is 9.15. The second kappa shape index (κ2) is 8.63. The maximum absolute atomic E-state index is 13.1. The molecular weight excluding hydrogens is 420 g/mol. The van der Waals surface area contributed by atoms with Crippen molar-refractivity contribution < 1.29 is 22.7 Å². The van der Waals surface area contributed by atoms with E-state index in [0.29, 0.717) is 44.2 Å². The molecule has 10 heteroatoms. The maximum Gasteiger partial charge on any atom is 0.260 e. The van der Waals surface area contributed by atoms with Crippen LogP contribution in [0.4, 0.5) is 0 Å². The standard InChI is InChI=1S/C21H30N4O5S/c26-20-13-30-21-17(9-10-22-23-21)14-3-5-15(6-4-14)29-12-19-18(2-1-11-25(19)20)24-31(27,28)16-7-8-16/h9-10,14-16,18-19,24H,1-8,11-13H2/t14?,15?,18-,19-/m0/s1. The number of ether oxygens (including phenoxy) is 2. The molecule has 1 aromatic rings. The number of aromatic nitrogens is 2. The van der Waals surface area contributed by atoms with Crippen molar-refractivity contribution in [2.45, 2.75) is 80.7 Å². The van der Waals surface area contributed by atoms with Crippen molar-refractivity contribution in [3.05, 3.63) is 17.8 Å². The first-order chi connectivity index (χ1) is 15.0. The minimum Gasteiger partial charge on any atom is -0.466 e. The van der Waals surface area contributed by atoms with Gasteiger partial charge in [0, 0.05) is 18.2 Å². The number of fused-ring (bicyclic) bond motifs is 5. The molecule has 1 aromatic heterocycles. The van der Waals surface area contributed by atoms with Gasteiger partial charge in [0.05, 0.1) is 30.2 Å². The third-order valence-corrected chi connectivity index (χ3v) is 9.02. The van der Waals surface area contributed by atoms with E-state index in [1.807, 2.05) is 6.07 Å². The zero-order valence-corrected chi connectivity index (χ0v) is 18.4. The summed E-state index contributed by atoms with van der Waals surface area (Å²) >= 11 is 0. The third kappa shape index (κ3) is 4.56. The van der Waals surface area contributed by atoms with Gasteiger partial charge in [-0.15, -0.1) is 5.10 Å². The lowest BCUT2D eigenvalue weighted by Gasteiger charge is -2.42. The quantitative estimate of drug-likeness (QED) is 0.740. The van der Waals surface area contributed by atoms with Crippen molar-refractivity contribution in [2.75, 3.05) is 19.8 Å². The van der Waals surface area contributed by atoms with Crippen molar-refractivity contribution in [2.24, 2.45) is 0 Å². The Morgan fingerprint density at radius 3 is 2.68 bits per heavy atom. The number of sulfonamides is 1. The van der Waals surface area contributed by atoms with E-state index in [4.69, 9.17) is 9.47 Å². The molecule has 3 aliphatic heterocycles. The Balaban J connectivity index is 1.40. The average molecular weight is 451 g/mol. The molecule has 0 radical (unpaired) electrons. The Kier molecular flexibility index (Phi) is 5.87. The molecule has 9 nitrogen and oxygen atoms in total. The van der Waals surface area contributed by atoms with E-state index in [-0.39, 0.29) is 36.0 Å².